The average Bonchev–Trinajstić information content (AvgIpc) is 3.17. The van der Waals surface area contributed by atoms with Gasteiger partial charge >= 0.3 is 0 Å². The number of nitrogens with zero attached hydrogens (tertiary/aromatic N) is 3. The topological polar surface area (TPSA) is 116 Å². The lowest BCUT2D eigenvalue weighted by molar-refractivity contribution is 0.0641. The molecule has 1 aliphatic rings. The van der Waals surface area contributed by atoms with Gasteiger partial charge in [-0.05, 0) is 66.0 Å². The standard InChI is InChI=1S/C27H21N6O3S/c34-24(23-20-8-2-1-7-18(20)11-13-29-23)31-32-27(37)30-19(14-17-6-5-12-28-15-17)16-33-25(35)21-9-3-4-10-22(21)26(33)36/h2-13,15,19H,14,16H2,(H,31,34)(H2,30,32,37)/t19-/m1/s1. The SMILES string of the molecule is O=C(NNC(=S)N[C@H](Cc1cccnc1)CN1C(=O)c2ccccc2C1=O)c1nccc2c[c]ccc12. The lowest BCUT2D eigenvalue weighted by Gasteiger charge is -2.25. The Kier molecular flexibility index (Phi) is 6.82. The third-order valence-corrected chi connectivity index (χ3v) is 6.15. The van der Waals surface area contributed by atoms with Crippen molar-refractivity contribution in [2.45, 2.75) is 12.5 Å². The number of carbonyl (C=O) groups is 3. The highest BCUT2D eigenvalue weighted by atomic mass is 32.1. The molecule has 3 N–H and O–H groups in total. The van der Waals surface area contributed by atoms with Gasteiger partial charge in [0.25, 0.3) is 17.7 Å². The van der Waals surface area contributed by atoms with Crippen molar-refractivity contribution in [1.82, 2.24) is 31.0 Å². The molecule has 0 saturated carbocycles. The van der Waals surface area contributed by atoms with Gasteiger partial charge in [-0.25, -0.2) is 0 Å². The van der Waals surface area contributed by atoms with E-state index >= 15 is 0 Å². The summed E-state index contributed by atoms with van der Waals surface area (Å²) >= 11 is 5.41. The number of amides is 3. The number of hydrogen-bond acceptors (Lipinski definition) is 6. The maximum absolute atomic E-state index is 12.9. The van der Waals surface area contributed by atoms with Crippen LogP contribution in [0, 0.1) is 6.07 Å². The molecule has 0 spiro atoms. The molecule has 2 aromatic heterocycles. The third-order valence-electron chi connectivity index (χ3n) is 5.93. The summed E-state index contributed by atoms with van der Waals surface area (Å²) in [5, 5.41) is 4.74. The van der Waals surface area contributed by atoms with E-state index < -0.39 is 11.9 Å². The van der Waals surface area contributed by atoms with Crippen LogP contribution in [0.2, 0.25) is 0 Å². The fourth-order valence-corrected chi connectivity index (χ4v) is 4.44. The zero-order valence-electron chi connectivity index (χ0n) is 19.5. The van der Waals surface area contributed by atoms with Crippen LogP contribution in [0.3, 0.4) is 0 Å². The molecule has 0 saturated heterocycles. The molecule has 3 heterocycles. The molecule has 183 valence electrons. The minimum atomic E-state index is -0.467. The smallest absolute Gasteiger partial charge is 0.288 e. The van der Waals surface area contributed by atoms with Crippen LogP contribution in [-0.2, 0) is 6.42 Å². The van der Waals surface area contributed by atoms with E-state index in [1.54, 1.807) is 73.2 Å². The van der Waals surface area contributed by atoms with Crippen molar-refractivity contribution in [3.05, 3.63) is 108 Å². The van der Waals surface area contributed by atoms with Gasteiger partial charge in [0.2, 0.25) is 0 Å². The molecular formula is C27H21N6O3S. The fraction of sp³-hybridized carbons (Fsp3) is 0.111. The Bertz CT molecular complexity index is 1470. The van der Waals surface area contributed by atoms with Crippen LogP contribution in [0.25, 0.3) is 10.8 Å². The zero-order chi connectivity index (χ0) is 25.8. The van der Waals surface area contributed by atoms with E-state index in [0.717, 1.165) is 10.9 Å². The molecule has 10 heteroatoms. The van der Waals surface area contributed by atoms with Crippen LogP contribution in [0.15, 0.2) is 79.3 Å². The number of fused-ring (bicyclic) bond motifs is 2. The number of imide groups is 1. The molecule has 1 aliphatic heterocycles. The first-order valence-corrected chi connectivity index (χ1v) is 11.9. The van der Waals surface area contributed by atoms with E-state index in [1.165, 1.54) is 4.90 Å². The Hall–Kier alpha value is -4.70. The highest BCUT2D eigenvalue weighted by Crippen LogP contribution is 2.23. The number of benzene rings is 2. The van der Waals surface area contributed by atoms with Crippen LogP contribution in [0.5, 0.6) is 0 Å². The van der Waals surface area contributed by atoms with Gasteiger partial charge in [-0.1, -0.05) is 30.3 Å². The number of pyridine rings is 2. The number of thiocarbonyl (C=S) groups is 1. The minimum Gasteiger partial charge on any atom is -0.356 e. The first kappa shape index (κ1) is 24.0. The molecule has 5 rings (SSSR count). The zero-order valence-corrected chi connectivity index (χ0v) is 20.3. The van der Waals surface area contributed by atoms with Gasteiger partial charge < -0.3 is 5.32 Å². The summed E-state index contributed by atoms with van der Waals surface area (Å²) in [4.78, 5) is 48.1. The summed E-state index contributed by atoms with van der Waals surface area (Å²) in [6.07, 6.45) is 5.35. The maximum Gasteiger partial charge on any atom is 0.288 e. The van der Waals surface area contributed by atoms with Gasteiger partial charge in [0.05, 0.1) is 17.2 Å². The van der Waals surface area contributed by atoms with E-state index in [1.807, 2.05) is 6.07 Å². The van der Waals surface area contributed by atoms with Crippen LogP contribution >= 0.6 is 12.2 Å². The van der Waals surface area contributed by atoms with E-state index in [-0.39, 0.29) is 29.2 Å². The molecule has 1 atom stereocenters. The van der Waals surface area contributed by atoms with Gasteiger partial charge in [-0.2, -0.15) is 0 Å². The second-order valence-corrected chi connectivity index (χ2v) is 8.80. The molecule has 2 aromatic carbocycles. The lowest BCUT2D eigenvalue weighted by Crippen LogP contribution is -2.53. The van der Waals surface area contributed by atoms with Crippen LogP contribution in [0.1, 0.15) is 36.8 Å². The van der Waals surface area contributed by atoms with E-state index in [0.29, 0.717) is 22.9 Å². The van der Waals surface area contributed by atoms with Crippen molar-refractivity contribution in [3.63, 3.8) is 0 Å². The quantitative estimate of drug-likeness (QED) is 0.206. The first-order valence-electron chi connectivity index (χ1n) is 11.5. The van der Waals surface area contributed by atoms with Crippen LogP contribution < -0.4 is 16.2 Å². The maximum atomic E-state index is 12.9. The predicted octanol–water partition coefficient (Wildman–Crippen LogP) is 2.45. The number of rotatable bonds is 6. The van der Waals surface area contributed by atoms with Gasteiger partial charge in [0, 0.05) is 30.5 Å². The molecule has 0 fully saturated rings. The lowest BCUT2D eigenvalue weighted by atomic mass is 10.1. The van der Waals surface area contributed by atoms with Gasteiger partial charge in [-0.15, -0.1) is 0 Å². The Morgan fingerprint density at radius 1 is 1.00 bits per heavy atom. The minimum absolute atomic E-state index is 0.0678. The second kappa shape index (κ2) is 10.5. The second-order valence-electron chi connectivity index (χ2n) is 8.39. The number of aromatic nitrogens is 2. The molecule has 0 aliphatic carbocycles. The largest absolute Gasteiger partial charge is 0.356 e. The summed E-state index contributed by atoms with van der Waals surface area (Å²) in [7, 11) is 0. The fourth-order valence-electron chi connectivity index (χ4n) is 4.22. The van der Waals surface area contributed by atoms with Crippen LogP contribution in [0.4, 0.5) is 0 Å². The van der Waals surface area contributed by atoms with Gasteiger partial charge in [0.15, 0.2) is 5.11 Å². The Morgan fingerprint density at radius 3 is 2.51 bits per heavy atom. The summed E-state index contributed by atoms with van der Waals surface area (Å²) < 4.78 is 0. The molecule has 9 nitrogen and oxygen atoms in total. The Balaban J connectivity index is 1.28. The van der Waals surface area contributed by atoms with Gasteiger partial charge in [0.1, 0.15) is 5.69 Å². The highest BCUT2D eigenvalue weighted by Gasteiger charge is 2.36. The molecule has 0 bridgehead atoms. The van der Waals surface area contributed by atoms with Gasteiger partial charge in [-0.3, -0.25) is 40.1 Å². The van der Waals surface area contributed by atoms with Crippen molar-refractivity contribution >= 4 is 45.8 Å². The van der Waals surface area contributed by atoms with Crippen molar-refractivity contribution in [3.8, 4) is 0 Å². The number of hydrogen-bond donors (Lipinski definition) is 3. The van der Waals surface area contributed by atoms with E-state index in [9.17, 15) is 14.4 Å². The first-order chi connectivity index (χ1) is 18.0. The predicted molar refractivity (Wildman–Crippen MR) is 140 cm³/mol. The monoisotopic (exact) mass is 509 g/mol. The molecule has 4 aromatic rings. The van der Waals surface area contributed by atoms with Crippen molar-refractivity contribution in [1.29, 1.82) is 0 Å². The number of hydrazine groups is 1. The van der Waals surface area contributed by atoms with E-state index in [2.05, 4.69) is 32.2 Å². The number of nitrogens with one attached hydrogen (secondary N) is 3. The molecule has 3 amide bonds. The average molecular weight is 510 g/mol. The summed E-state index contributed by atoms with van der Waals surface area (Å²) in [5.74, 6) is -1.18. The Morgan fingerprint density at radius 2 is 1.78 bits per heavy atom. The summed E-state index contributed by atoms with van der Waals surface area (Å²) in [6.45, 7) is 0.0678. The summed E-state index contributed by atoms with van der Waals surface area (Å²) in [6, 6.07) is 20.0. The summed E-state index contributed by atoms with van der Waals surface area (Å²) in [5.41, 5.74) is 7.13. The normalized spacial score (nSPS) is 13.2. The Labute approximate surface area is 217 Å². The van der Waals surface area contributed by atoms with Crippen molar-refractivity contribution in [2.24, 2.45) is 0 Å². The third kappa shape index (κ3) is 5.14. The molecule has 1 radical (unpaired) electrons. The highest BCUT2D eigenvalue weighted by molar-refractivity contribution is 7.80. The van der Waals surface area contributed by atoms with Crippen LogP contribution in [-0.4, -0.2) is 50.3 Å². The number of carbonyl (C=O) groups excluding carboxylic acids is 3. The van der Waals surface area contributed by atoms with Crippen molar-refractivity contribution in [2.75, 3.05) is 6.54 Å². The molecular weight excluding hydrogens is 488 g/mol. The molecule has 37 heavy (non-hydrogen) atoms. The van der Waals surface area contributed by atoms with Crippen molar-refractivity contribution < 1.29 is 14.4 Å². The molecule has 0 unspecified atom stereocenters. The van der Waals surface area contributed by atoms with E-state index in [4.69, 9.17) is 12.2 Å².